The summed E-state index contributed by atoms with van der Waals surface area (Å²) >= 11 is 1.91. The van der Waals surface area contributed by atoms with E-state index in [1.54, 1.807) is 0 Å². The first kappa shape index (κ1) is 17.0. The summed E-state index contributed by atoms with van der Waals surface area (Å²) in [6.07, 6.45) is 3.90. The van der Waals surface area contributed by atoms with Gasteiger partial charge < -0.3 is 14.4 Å². The Balaban J connectivity index is 1.36. The maximum Gasteiger partial charge on any atom is 0.104 e. The van der Waals surface area contributed by atoms with E-state index in [1.165, 1.54) is 42.2 Å². The second-order valence-corrected chi connectivity index (χ2v) is 9.22. The van der Waals surface area contributed by atoms with Crippen molar-refractivity contribution in [1.29, 1.82) is 0 Å². The van der Waals surface area contributed by atoms with E-state index in [1.807, 2.05) is 11.3 Å². The average molecular weight is 351 g/mol. The van der Waals surface area contributed by atoms with Crippen molar-refractivity contribution in [2.75, 3.05) is 52.5 Å². The minimum absolute atomic E-state index is 0.0762. The zero-order valence-corrected chi connectivity index (χ0v) is 15.7. The lowest BCUT2D eigenvalue weighted by Crippen LogP contribution is -2.44. The quantitative estimate of drug-likeness (QED) is 0.834. The molecule has 134 valence electrons. The zero-order chi connectivity index (χ0) is 16.4. The van der Waals surface area contributed by atoms with Crippen molar-refractivity contribution in [3.8, 4) is 0 Å². The van der Waals surface area contributed by atoms with Crippen LogP contribution in [0.1, 0.15) is 29.0 Å². The maximum absolute atomic E-state index is 6.37. The minimum Gasteiger partial charge on any atom is -0.377 e. The molecule has 4 nitrogen and oxygen atoms in total. The van der Waals surface area contributed by atoms with E-state index < -0.39 is 0 Å². The van der Waals surface area contributed by atoms with Gasteiger partial charge in [0.25, 0.3) is 0 Å². The predicted molar refractivity (Wildman–Crippen MR) is 97.6 cm³/mol. The van der Waals surface area contributed by atoms with Gasteiger partial charge in [0.1, 0.15) is 5.60 Å². The molecule has 0 aromatic carbocycles. The van der Waals surface area contributed by atoms with Gasteiger partial charge in [-0.1, -0.05) is 0 Å². The number of ether oxygens (including phenoxy) is 2. The van der Waals surface area contributed by atoms with Crippen LogP contribution in [0.3, 0.4) is 0 Å². The molecule has 4 heterocycles. The highest BCUT2D eigenvalue weighted by Gasteiger charge is 2.43. The van der Waals surface area contributed by atoms with Crippen LogP contribution in [0.15, 0.2) is 12.1 Å². The summed E-state index contributed by atoms with van der Waals surface area (Å²) in [4.78, 5) is 8.01. The maximum atomic E-state index is 6.37. The molecule has 1 spiro atoms. The van der Waals surface area contributed by atoms with Crippen molar-refractivity contribution in [2.45, 2.75) is 38.3 Å². The second kappa shape index (κ2) is 7.42. The summed E-state index contributed by atoms with van der Waals surface area (Å²) in [6.45, 7) is 11.5. The van der Waals surface area contributed by atoms with Crippen molar-refractivity contribution < 1.29 is 9.47 Å². The molecule has 3 aliphatic rings. The molecule has 0 aliphatic carbocycles. The Morgan fingerprint density at radius 2 is 2.08 bits per heavy atom. The smallest absolute Gasteiger partial charge is 0.104 e. The first-order chi connectivity index (χ1) is 11.7. The molecule has 2 atom stereocenters. The lowest BCUT2D eigenvalue weighted by atomic mass is 9.94. The Hall–Kier alpha value is -0.460. The third kappa shape index (κ3) is 4.02. The van der Waals surface area contributed by atoms with Crippen LogP contribution in [0.25, 0.3) is 0 Å². The van der Waals surface area contributed by atoms with E-state index in [0.717, 1.165) is 45.9 Å². The van der Waals surface area contributed by atoms with Crippen LogP contribution in [0.2, 0.25) is 0 Å². The zero-order valence-electron chi connectivity index (χ0n) is 14.8. The largest absolute Gasteiger partial charge is 0.377 e. The molecule has 24 heavy (non-hydrogen) atoms. The number of rotatable bonds is 4. The topological polar surface area (TPSA) is 24.9 Å². The van der Waals surface area contributed by atoms with Crippen molar-refractivity contribution >= 4 is 11.3 Å². The fraction of sp³-hybridized carbons (Fsp3) is 0.789. The fourth-order valence-corrected chi connectivity index (χ4v) is 5.44. The summed E-state index contributed by atoms with van der Waals surface area (Å²) in [5.41, 5.74) is -0.0762. The Labute approximate surface area is 149 Å². The van der Waals surface area contributed by atoms with Gasteiger partial charge in [-0.05, 0) is 57.3 Å². The minimum atomic E-state index is -0.0762. The molecule has 1 aromatic heterocycles. The van der Waals surface area contributed by atoms with Gasteiger partial charge in [-0.3, -0.25) is 4.90 Å². The molecular weight excluding hydrogens is 320 g/mol. The van der Waals surface area contributed by atoms with Crippen LogP contribution >= 0.6 is 11.3 Å². The van der Waals surface area contributed by atoms with E-state index in [0.29, 0.717) is 5.92 Å². The molecular formula is C19H30N2O2S. The Morgan fingerprint density at radius 1 is 1.21 bits per heavy atom. The summed E-state index contributed by atoms with van der Waals surface area (Å²) in [7, 11) is 0. The van der Waals surface area contributed by atoms with Crippen molar-refractivity contribution in [3.05, 3.63) is 21.9 Å². The number of hydrogen-bond donors (Lipinski definition) is 0. The predicted octanol–water partition coefficient (Wildman–Crippen LogP) is 2.76. The molecule has 3 aliphatic heterocycles. The van der Waals surface area contributed by atoms with Crippen molar-refractivity contribution in [2.24, 2.45) is 5.92 Å². The third-order valence-electron chi connectivity index (χ3n) is 5.61. The lowest BCUT2D eigenvalue weighted by Gasteiger charge is -2.31. The van der Waals surface area contributed by atoms with Crippen LogP contribution in [0.4, 0.5) is 0 Å². The fourth-order valence-electron chi connectivity index (χ4n) is 4.51. The van der Waals surface area contributed by atoms with Gasteiger partial charge in [0, 0.05) is 35.9 Å². The Kier molecular flexibility index (Phi) is 5.25. The van der Waals surface area contributed by atoms with Gasteiger partial charge in [-0.2, -0.15) is 0 Å². The molecule has 1 aromatic rings. The molecule has 0 amide bonds. The highest BCUT2D eigenvalue weighted by Crippen LogP contribution is 2.34. The molecule has 4 rings (SSSR count). The lowest BCUT2D eigenvalue weighted by molar-refractivity contribution is -0.0562. The van der Waals surface area contributed by atoms with E-state index >= 15 is 0 Å². The van der Waals surface area contributed by atoms with E-state index in [-0.39, 0.29) is 5.60 Å². The van der Waals surface area contributed by atoms with Gasteiger partial charge in [-0.25, -0.2) is 0 Å². The molecule has 0 N–H and O–H groups in total. The molecule has 5 heteroatoms. The van der Waals surface area contributed by atoms with Gasteiger partial charge in [0.05, 0.1) is 19.8 Å². The summed E-state index contributed by atoms with van der Waals surface area (Å²) in [6, 6.07) is 4.49. The van der Waals surface area contributed by atoms with Crippen LogP contribution < -0.4 is 0 Å². The molecule has 0 saturated carbocycles. The average Bonchev–Trinajstić information content (AvgIpc) is 3.25. The SMILES string of the molecule is Cc1ccc(CN2CCOC[C@@]3(C[C@H](CN4CCCC4)CO3)C2)s1. The monoisotopic (exact) mass is 350 g/mol. The first-order valence-corrected chi connectivity index (χ1v) is 10.2. The van der Waals surface area contributed by atoms with E-state index in [4.69, 9.17) is 9.47 Å². The van der Waals surface area contributed by atoms with Gasteiger partial charge >= 0.3 is 0 Å². The summed E-state index contributed by atoms with van der Waals surface area (Å²) in [5, 5.41) is 0. The van der Waals surface area contributed by atoms with Crippen LogP contribution in [-0.4, -0.2) is 67.9 Å². The number of nitrogens with zero attached hydrogens (tertiary/aromatic N) is 2. The van der Waals surface area contributed by atoms with Crippen LogP contribution in [-0.2, 0) is 16.0 Å². The highest BCUT2D eigenvalue weighted by molar-refractivity contribution is 7.11. The van der Waals surface area contributed by atoms with Crippen LogP contribution in [0, 0.1) is 12.8 Å². The molecule has 3 saturated heterocycles. The molecule has 3 fully saturated rings. The molecule has 0 bridgehead atoms. The third-order valence-corrected chi connectivity index (χ3v) is 6.59. The second-order valence-electron chi connectivity index (χ2n) is 7.85. The van der Waals surface area contributed by atoms with Crippen molar-refractivity contribution in [1.82, 2.24) is 9.80 Å². The summed E-state index contributed by atoms with van der Waals surface area (Å²) in [5.74, 6) is 0.677. The molecule has 0 radical (unpaired) electrons. The number of thiophene rings is 1. The Bertz CT molecular complexity index is 543. The number of hydrogen-bond acceptors (Lipinski definition) is 5. The van der Waals surface area contributed by atoms with Gasteiger partial charge in [-0.15, -0.1) is 11.3 Å². The molecule has 0 unspecified atom stereocenters. The van der Waals surface area contributed by atoms with E-state index in [9.17, 15) is 0 Å². The standard InChI is InChI=1S/C19H30N2O2S/c1-16-4-5-18(24-16)12-21-8-9-22-15-19(14-21)10-17(13-23-19)11-20-6-2-3-7-20/h4-5,17H,2-3,6-15H2,1H3/t17-,19-/m1/s1. The van der Waals surface area contributed by atoms with Gasteiger partial charge in [0.2, 0.25) is 0 Å². The number of aryl methyl sites for hydroxylation is 1. The highest BCUT2D eigenvalue weighted by atomic mass is 32.1. The Morgan fingerprint density at radius 3 is 2.88 bits per heavy atom. The van der Waals surface area contributed by atoms with E-state index in [2.05, 4.69) is 28.9 Å². The first-order valence-electron chi connectivity index (χ1n) is 9.43. The van der Waals surface area contributed by atoms with Crippen LogP contribution in [0.5, 0.6) is 0 Å². The number of likely N-dealkylation sites (tertiary alicyclic amines) is 1. The summed E-state index contributed by atoms with van der Waals surface area (Å²) < 4.78 is 12.3. The normalized spacial score (nSPS) is 32.6. The van der Waals surface area contributed by atoms with Crippen molar-refractivity contribution in [3.63, 3.8) is 0 Å². The van der Waals surface area contributed by atoms with Gasteiger partial charge in [0.15, 0.2) is 0 Å².